The molecule has 0 aliphatic heterocycles. The number of hydrogen-bond donors (Lipinski definition) is 1. The van der Waals surface area contributed by atoms with Crippen LogP contribution in [0.3, 0.4) is 0 Å². The predicted molar refractivity (Wildman–Crippen MR) is 90.6 cm³/mol. The van der Waals surface area contributed by atoms with Gasteiger partial charge in [0.15, 0.2) is 6.61 Å². The summed E-state index contributed by atoms with van der Waals surface area (Å²) in [6.07, 6.45) is 3.58. The molecule has 1 N–H and O–H groups in total. The Labute approximate surface area is 139 Å². The van der Waals surface area contributed by atoms with Crippen molar-refractivity contribution in [2.45, 2.75) is 4.90 Å². The van der Waals surface area contributed by atoms with Gasteiger partial charge in [0, 0.05) is 4.90 Å². The maximum absolute atomic E-state index is 11.6. The Morgan fingerprint density at radius 1 is 1.26 bits per heavy atom. The summed E-state index contributed by atoms with van der Waals surface area (Å²) in [4.78, 5) is 12.8. The van der Waals surface area contributed by atoms with E-state index in [2.05, 4.69) is 10.5 Å². The summed E-state index contributed by atoms with van der Waals surface area (Å²) >= 11 is 1.66. The van der Waals surface area contributed by atoms with Crippen LogP contribution in [0.1, 0.15) is 11.1 Å². The van der Waals surface area contributed by atoms with Gasteiger partial charge in [-0.1, -0.05) is 12.1 Å². The third-order valence-corrected chi connectivity index (χ3v) is 3.62. The van der Waals surface area contributed by atoms with Gasteiger partial charge in [-0.25, -0.2) is 5.43 Å². The van der Waals surface area contributed by atoms with E-state index in [1.165, 1.54) is 4.90 Å². The summed E-state index contributed by atoms with van der Waals surface area (Å²) in [5.41, 5.74) is 3.84. The molecule has 6 heteroatoms. The second kappa shape index (κ2) is 8.61. The smallest absolute Gasteiger partial charge is 0.277 e. The summed E-state index contributed by atoms with van der Waals surface area (Å²) < 4.78 is 5.30. The largest absolute Gasteiger partial charge is 0.484 e. The van der Waals surface area contributed by atoms with Gasteiger partial charge in [0.1, 0.15) is 5.75 Å². The number of ether oxygens (including phenoxy) is 1. The average molecular weight is 325 g/mol. The van der Waals surface area contributed by atoms with Crippen molar-refractivity contribution in [3.8, 4) is 11.8 Å². The van der Waals surface area contributed by atoms with Gasteiger partial charge in [-0.2, -0.15) is 10.4 Å². The molecule has 2 aromatic carbocycles. The Morgan fingerprint density at radius 2 is 1.96 bits per heavy atom. The first-order valence-corrected chi connectivity index (χ1v) is 8.02. The molecule has 1 amide bonds. The molecule has 5 nitrogen and oxygen atoms in total. The van der Waals surface area contributed by atoms with Crippen LogP contribution < -0.4 is 10.2 Å². The maximum atomic E-state index is 11.6. The highest BCUT2D eigenvalue weighted by molar-refractivity contribution is 7.98. The van der Waals surface area contributed by atoms with Crippen molar-refractivity contribution < 1.29 is 9.53 Å². The number of carbonyl (C=O) groups excluding carboxylic acids is 1. The van der Waals surface area contributed by atoms with Gasteiger partial charge in [-0.3, -0.25) is 4.79 Å². The minimum absolute atomic E-state index is 0.144. The van der Waals surface area contributed by atoms with Gasteiger partial charge < -0.3 is 4.74 Å². The molecule has 0 aliphatic rings. The topological polar surface area (TPSA) is 74.5 Å². The van der Waals surface area contributed by atoms with Gasteiger partial charge >= 0.3 is 0 Å². The predicted octanol–water partition coefficient (Wildman–Crippen LogP) is 2.81. The van der Waals surface area contributed by atoms with Crippen molar-refractivity contribution in [1.82, 2.24) is 5.43 Å². The molecule has 0 bridgehead atoms. The number of nitrogens with one attached hydrogen (secondary N) is 1. The van der Waals surface area contributed by atoms with Crippen molar-refractivity contribution in [3.05, 3.63) is 59.7 Å². The molecule has 23 heavy (non-hydrogen) atoms. The van der Waals surface area contributed by atoms with Crippen molar-refractivity contribution >= 4 is 23.9 Å². The molecule has 116 valence electrons. The molecule has 2 rings (SSSR count). The average Bonchev–Trinajstić information content (AvgIpc) is 2.61. The van der Waals surface area contributed by atoms with Gasteiger partial charge in [0.25, 0.3) is 5.91 Å². The molecule has 0 fully saturated rings. The summed E-state index contributed by atoms with van der Waals surface area (Å²) in [6.45, 7) is -0.144. The fourth-order valence-electron chi connectivity index (χ4n) is 1.68. The van der Waals surface area contributed by atoms with E-state index in [1.54, 1.807) is 42.2 Å². The number of nitrogens with zero attached hydrogens (tertiary/aromatic N) is 2. The van der Waals surface area contributed by atoms with Crippen LogP contribution in [0.4, 0.5) is 0 Å². The van der Waals surface area contributed by atoms with E-state index in [0.717, 1.165) is 5.56 Å². The van der Waals surface area contributed by atoms with E-state index in [9.17, 15) is 4.79 Å². The number of benzene rings is 2. The molecule has 2 aromatic rings. The molecule has 0 radical (unpaired) electrons. The summed E-state index contributed by atoms with van der Waals surface area (Å²) in [5, 5.41) is 12.6. The number of hydrogen-bond acceptors (Lipinski definition) is 5. The molecular formula is C17H15N3O2S. The van der Waals surface area contributed by atoms with E-state index in [4.69, 9.17) is 10.00 Å². The molecule has 0 unspecified atom stereocenters. The van der Waals surface area contributed by atoms with E-state index in [1.807, 2.05) is 36.6 Å². The Balaban J connectivity index is 1.77. The van der Waals surface area contributed by atoms with Crippen molar-refractivity contribution in [1.29, 1.82) is 5.26 Å². The van der Waals surface area contributed by atoms with Gasteiger partial charge in [0.2, 0.25) is 0 Å². The van der Waals surface area contributed by atoms with Crippen LogP contribution in [0.25, 0.3) is 0 Å². The monoisotopic (exact) mass is 325 g/mol. The first kappa shape index (κ1) is 16.6. The van der Waals surface area contributed by atoms with Gasteiger partial charge in [0.05, 0.1) is 17.8 Å². The van der Waals surface area contributed by atoms with E-state index in [-0.39, 0.29) is 12.5 Å². The molecular weight excluding hydrogens is 310 g/mol. The third-order valence-electron chi connectivity index (χ3n) is 2.87. The highest BCUT2D eigenvalue weighted by Crippen LogP contribution is 2.14. The van der Waals surface area contributed by atoms with Crippen LogP contribution in [0.15, 0.2) is 58.5 Å². The quantitative estimate of drug-likeness (QED) is 0.503. The van der Waals surface area contributed by atoms with Gasteiger partial charge in [-0.15, -0.1) is 11.8 Å². The third kappa shape index (κ3) is 5.49. The molecule has 0 saturated carbocycles. The standard InChI is InChI=1S/C17H15N3O2S/c1-23-16-8-4-14(5-9-16)11-19-20-17(21)12-22-15-6-2-13(10-18)3-7-15/h2-9,11H,12H2,1H3,(H,20,21)/b19-11+. The van der Waals surface area contributed by atoms with E-state index in [0.29, 0.717) is 11.3 Å². The SMILES string of the molecule is CSc1ccc(/C=N/NC(=O)COc2ccc(C#N)cc2)cc1. The highest BCUT2D eigenvalue weighted by atomic mass is 32.2. The normalized spacial score (nSPS) is 10.3. The van der Waals surface area contributed by atoms with Crippen LogP contribution in [-0.4, -0.2) is 25.0 Å². The molecule has 0 heterocycles. The van der Waals surface area contributed by atoms with Crippen LogP contribution in [-0.2, 0) is 4.79 Å². The second-order valence-electron chi connectivity index (χ2n) is 4.49. The van der Waals surface area contributed by atoms with E-state index < -0.39 is 0 Å². The first-order chi connectivity index (χ1) is 11.2. The fraction of sp³-hybridized carbons (Fsp3) is 0.118. The van der Waals surface area contributed by atoms with Crippen LogP contribution in [0, 0.1) is 11.3 Å². The van der Waals surface area contributed by atoms with Gasteiger partial charge in [-0.05, 0) is 48.2 Å². The summed E-state index contributed by atoms with van der Waals surface area (Å²) in [6, 6.07) is 16.4. The van der Waals surface area contributed by atoms with Crippen molar-refractivity contribution in [2.24, 2.45) is 5.10 Å². The van der Waals surface area contributed by atoms with Crippen LogP contribution in [0.5, 0.6) is 5.75 Å². The van der Waals surface area contributed by atoms with Crippen molar-refractivity contribution in [2.75, 3.05) is 12.9 Å². The molecule has 0 aromatic heterocycles. The second-order valence-corrected chi connectivity index (χ2v) is 5.37. The lowest BCUT2D eigenvalue weighted by atomic mass is 10.2. The number of thioether (sulfide) groups is 1. The summed E-state index contributed by atoms with van der Waals surface area (Å²) in [5.74, 6) is 0.169. The summed E-state index contributed by atoms with van der Waals surface area (Å²) in [7, 11) is 0. The van der Waals surface area contributed by atoms with Crippen molar-refractivity contribution in [3.63, 3.8) is 0 Å². The Bertz CT molecular complexity index is 719. The van der Waals surface area contributed by atoms with Crippen LogP contribution >= 0.6 is 11.8 Å². The Kier molecular flexibility index (Phi) is 6.21. The molecule has 0 saturated heterocycles. The Hall–Kier alpha value is -2.78. The lowest BCUT2D eigenvalue weighted by molar-refractivity contribution is -0.123. The minimum atomic E-state index is -0.355. The molecule has 0 atom stereocenters. The number of nitriles is 1. The number of rotatable bonds is 6. The Morgan fingerprint density at radius 3 is 2.57 bits per heavy atom. The highest BCUT2D eigenvalue weighted by Gasteiger charge is 2.01. The zero-order chi connectivity index (χ0) is 16.5. The van der Waals surface area contributed by atoms with E-state index >= 15 is 0 Å². The maximum Gasteiger partial charge on any atom is 0.277 e. The fourth-order valence-corrected chi connectivity index (χ4v) is 2.08. The molecule has 0 spiro atoms. The zero-order valence-corrected chi connectivity index (χ0v) is 13.3. The first-order valence-electron chi connectivity index (χ1n) is 6.80. The molecule has 0 aliphatic carbocycles. The number of carbonyl (C=O) groups is 1. The number of hydrazone groups is 1. The van der Waals surface area contributed by atoms with Crippen LogP contribution in [0.2, 0.25) is 0 Å². The minimum Gasteiger partial charge on any atom is -0.484 e. The zero-order valence-electron chi connectivity index (χ0n) is 12.5. The lowest BCUT2D eigenvalue weighted by Crippen LogP contribution is -2.24. The lowest BCUT2D eigenvalue weighted by Gasteiger charge is -2.04. The number of amides is 1.